The summed E-state index contributed by atoms with van der Waals surface area (Å²) in [4.78, 5) is 28.2. The summed E-state index contributed by atoms with van der Waals surface area (Å²) in [5.74, 6) is 0.991. The molecule has 0 spiro atoms. The number of guanidine groups is 1. The van der Waals surface area contributed by atoms with Crippen molar-refractivity contribution in [2.24, 2.45) is 4.99 Å². The zero-order valence-electron chi connectivity index (χ0n) is 18.2. The molecule has 1 fully saturated rings. The van der Waals surface area contributed by atoms with Crippen LogP contribution in [0.1, 0.15) is 24.0 Å². The van der Waals surface area contributed by atoms with Crippen LogP contribution in [0.15, 0.2) is 40.7 Å². The number of rotatable bonds is 7. The number of hydrogen-bond acceptors (Lipinski definition) is 5. The van der Waals surface area contributed by atoms with Crippen LogP contribution in [-0.4, -0.2) is 73.0 Å². The fraction of sp³-hybridized carbons (Fsp3) is 0.500. The number of nitrogens with one attached hydrogen (secondary N) is 1. The molecule has 1 saturated heterocycles. The number of carbonyl (C=O) groups is 1. The molecule has 1 aromatic heterocycles. The summed E-state index contributed by atoms with van der Waals surface area (Å²) in [5.41, 5.74) is 2.26. The second kappa shape index (κ2) is 11.0. The van der Waals surface area contributed by atoms with Crippen molar-refractivity contribution in [3.8, 4) is 0 Å². The van der Waals surface area contributed by atoms with E-state index in [1.807, 2.05) is 31.9 Å². The molecule has 0 saturated carbocycles. The Morgan fingerprint density at radius 1 is 1.23 bits per heavy atom. The van der Waals surface area contributed by atoms with Crippen LogP contribution in [0.25, 0.3) is 0 Å². The number of carbonyl (C=O) groups excluding carboxylic acids is 1. The SMILES string of the molecule is CCNC(=NCCC(=O)N1CCN(c2ccccc2)CC1)N(C)Cc1csc(C)n1. The maximum absolute atomic E-state index is 12.6. The summed E-state index contributed by atoms with van der Waals surface area (Å²) in [6.45, 7) is 9.31. The number of aryl methyl sites for hydroxylation is 1. The van der Waals surface area contributed by atoms with E-state index in [1.165, 1.54) is 5.69 Å². The minimum atomic E-state index is 0.181. The van der Waals surface area contributed by atoms with Crippen molar-refractivity contribution in [1.29, 1.82) is 0 Å². The molecule has 7 nitrogen and oxygen atoms in total. The van der Waals surface area contributed by atoms with Gasteiger partial charge in [0.2, 0.25) is 5.91 Å². The van der Waals surface area contributed by atoms with Gasteiger partial charge in [0.1, 0.15) is 0 Å². The molecule has 1 amide bonds. The highest BCUT2D eigenvalue weighted by molar-refractivity contribution is 7.09. The van der Waals surface area contributed by atoms with Gasteiger partial charge in [0.15, 0.2) is 5.96 Å². The molecule has 162 valence electrons. The van der Waals surface area contributed by atoms with E-state index >= 15 is 0 Å². The van der Waals surface area contributed by atoms with Crippen molar-refractivity contribution in [2.75, 3.05) is 51.2 Å². The van der Waals surface area contributed by atoms with Crippen molar-refractivity contribution in [2.45, 2.75) is 26.8 Å². The third-order valence-corrected chi connectivity index (χ3v) is 5.93. The van der Waals surface area contributed by atoms with Gasteiger partial charge < -0.3 is 20.0 Å². The van der Waals surface area contributed by atoms with Crippen LogP contribution < -0.4 is 10.2 Å². The molecule has 1 aliphatic rings. The molecule has 1 aromatic carbocycles. The zero-order chi connectivity index (χ0) is 21.3. The predicted octanol–water partition coefficient (Wildman–Crippen LogP) is 2.59. The molecule has 0 bridgehead atoms. The van der Waals surface area contributed by atoms with Crippen molar-refractivity contribution >= 4 is 28.9 Å². The molecule has 30 heavy (non-hydrogen) atoms. The first kappa shape index (κ1) is 22.1. The van der Waals surface area contributed by atoms with E-state index in [4.69, 9.17) is 0 Å². The Bertz CT molecular complexity index is 829. The first-order valence-corrected chi connectivity index (χ1v) is 11.4. The summed E-state index contributed by atoms with van der Waals surface area (Å²) in [7, 11) is 2.00. The Hall–Kier alpha value is -2.61. The van der Waals surface area contributed by atoms with E-state index in [1.54, 1.807) is 11.3 Å². The van der Waals surface area contributed by atoms with E-state index in [2.05, 4.69) is 54.7 Å². The Labute approximate surface area is 183 Å². The molecule has 0 radical (unpaired) electrons. The van der Waals surface area contributed by atoms with E-state index in [-0.39, 0.29) is 5.91 Å². The minimum Gasteiger partial charge on any atom is -0.368 e. The lowest BCUT2D eigenvalue weighted by atomic mass is 10.2. The molecule has 1 N–H and O–H groups in total. The molecule has 3 rings (SSSR count). The molecule has 8 heteroatoms. The van der Waals surface area contributed by atoms with Crippen molar-refractivity contribution in [1.82, 2.24) is 20.1 Å². The number of piperazine rings is 1. The number of hydrogen-bond donors (Lipinski definition) is 1. The van der Waals surface area contributed by atoms with Gasteiger partial charge in [-0.2, -0.15) is 0 Å². The highest BCUT2D eigenvalue weighted by atomic mass is 32.1. The van der Waals surface area contributed by atoms with Crippen molar-refractivity contribution < 1.29 is 4.79 Å². The lowest BCUT2D eigenvalue weighted by Gasteiger charge is -2.36. The number of aromatic nitrogens is 1. The number of benzene rings is 1. The van der Waals surface area contributed by atoms with Gasteiger partial charge in [-0.15, -0.1) is 11.3 Å². The molecule has 2 heterocycles. The first-order chi connectivity index (χ1) is 14.6. The van der Waals surface area contributed by atoms with Gasteiger partial charge >= 0.3 is 0 Å². The Morgan fingerprint density at radius 2 is 1.97 bits per heavy atom. The van der Waals surface area contributed by atoms with Gasteiger partial charge in [-0.25, -0.2) is 4.98 Å². The molecule has 0 atom stereocenters. The number of nitrogens with zero attached hydrogens (tertiary/aromatic N) is 5. The van der Waals surface area contributed by atoms with Gasteiger partial charge in [0.25, 0.3) is 0 Å². The molecule has 0 aliphatic carbocycles. The van der Waals surface area contributed by atoms with Crippen LogP contribution >= 0.6 is 11.3 Å². The number of amides is 1. The van der Waals surface area contributed by atoms with Crippen LogP contribution in [0, 0.1) is 6.92 Å². The topological polar surface area (TPSA) is 64.1 Å². The zero-order valence-corrected chi connectivity index (χ0v) is 19.0. The summed E-state index contributed by atoms with van der Waals surface area (Å²) in [6, 6.07) is 10.4. The standard InChI is InChI=1S/C22H32N6OS/c1-4-23-22(26(3)16-19-17-30-18(2)25-19)24-11-10-21(29)28-14-12-27(13-15-28)20-8-6-5-7-9-20/h5-9,17H,4,10-16H2,1-3H3,(H,23,24). The number of aliphatic imine (C=N–C) groups is 1. The second-order valence-corrected chi connectivity index (χ2v) is 8.47. The largest absolute Gasteiger partial charge is 0.368 e. The monoisotopic (exact) mass is 428 g/mol. The third kappa shape index (κ3) is 6.19. The van der Waals surface area contributed by atoms with E-state index in [9.17, 15) is 4.79 Å². The predicted molar refractivity (Wildman–Crippen MR) is 124 cm³/mol. The Kier molecular flexibility index (Phi) is 8.07. The van der Waals surface area contributed by atoms with Gasteiger partial charge in [-0.3, -0.25) is 9.79 Å². The maximum Gasteiger partial charge on any atom is 0.224 e. The second-order valence-electron chi connectivity index (χ2n) is 7.40. The van der Waals surface area contributed by atoms with Crippen molar-refractivity contribution in [3.05, 3.63) is 46.4 Å². The highest BCUT2D eigenvalue weighted by Crippen LogP contribution is 2.16. The van der Waals surface area contributed by atoms with Gasteiger partial charge in [-0.1, -0.05) is 18.2 Å². The summed E-state index contributed by atoms with van der Waals surface area (Å²) in [5, 5.41) is 6.45. The lowest BCUT2D eigenvalue weighted by molar-refractivity contribution is -0.131. The minimum absolute atomic E-state index is 0.181. The molecular formula is C22H32N6OS. The number of thiazole rings is 1. The Balaban J connectivity index is 1.47. The maximum atomic E-state index is 12.6. The van der Waals surface area contributed by atoms with E-state index in [0.29, 0.717) is 19.5 Å². The van der Waals surface area contributed by atoms with E-state index < -0.39 is 0 Å². The van der Waals surface area contributed by atoms with Crippen LogP contribution in [0.2, 0.25) is 0 Å². The smallest absolute Gasteiger partial charge is 0.224 e. The van der Waals surface area contributed by atoms with E-state index in [0.717, 1.165) is 49.4 Å². The number of anilines is 1. The van der Waals surface area contributed by atoms with Gasteiger partial charge in [-0.05, 0) is 26.0 Å². The summed E-state index contributed by atoms with van der Waals surface area (Å²) in [6.07, 6.45) is 0.434. The van der Waals surface area contributed by atoms with Crippen LogP contribution in [0.5, 0.6) is 0 Å². The average molecular weight is 429 g/mol. The third-order valence-electron chi connectivity index (χ3n) is 5.10. The normalized spacial score (nSPS) is 14.7. The van der Waals surface area contributed by atoms with Gasteiger partial charge in [0, 0.05) is 57.3 Å². The van der Waals surface area contributed by atoms with Crippen molar-refractivity contribution in [3.63, 3.8) is 0 Å². The lowest BCUT2D eigenvalue weighted by Crippen LogP contribution is -2.49. The van der Waals surface area contributed by atoms with Crippen LogP contribution in [0.4, 0.5) is 5.69 Å². The van der Waals surface area contributed by atoms with Crippen LogP contribution in [-0.2, 0) is 11.3 Å². The van der Waals surface area contributed by atoms with Crippen LogP contribution in [0.3, 0.4) is 0 Å². The average Bonchev–Trinajstić information content (AvgIpc) is 3.18. The summed E-state index contributed by atoms with van der Waals surface area (Å²) >= 11 is 1.66. The summed E-state index contributed by atoms with van der Waals surface area (Å²) < 4.78 is 0. The molecular weight excluding hydrogens is 396 g/mol. The Morgan fingerprint density at radius 3 is 2.60 bits per heavy atom. The molecule has 0 unspecified atom stereocenters. The number of para-hydroxylation sites is 1. The fourth-order valence-corrected chi connectivity index (χ4v) is 4.14. The molecule has 2 aromatic rings. The van der Waals surface area contributed by atoms with Gasteiger partial charge in [0.05, 0.1) is 23.8 Å². The first-order valence-electron chi connectivity index (χ1n) is 10.5. The highest BCUT2D eigenvalue weighted by Gasteiger charge is 2.21. The molecule has 1 aliphatic heterocycles. The quantitative estimate of drug-likeness (QED) is 0.543. The fourth-order valence-electron chi connectivity index (χ4n) is 3.54.